The van der Waals surface area contributed by atoms with Gasteiger partial charge < -0.3 is 28.7 Å². The van der Waals surface area contributed by atoms with E-state index in [0.29, 0.717) is 24.5 Å². The molecule has 0 aliphatic rings. The van der Waals surface area contributed by atoms with Gasteiger partial charge in [-0.3, -0.25) is 9.78 Å². The first-order valence-electron chi connectivity index (χ1n) is 12.3. The second kappa shape index (κ2) is 14.1. The Labute approximate surface area is 219 Å². The number of methoxy groups -OCH3 is 4. The molecule has 1 heterocycles. The standard InChI is InChI=1S/C29H37N3O5/c1-31(18-13-22-7-9-25(34-2)27(19-22)36-4)16-6-17-32(29(33)20-23-11-14-30-15-12-23)24-8-10-26(35-3)28(21-24)37-5/h7-12,14-15,19,21H,6,13,16-18,20H2,1-5H3. The molecule has 0 N–H and O–H groups in total. The number of aromatic nitrogens is 1. The lowest BCUT2D eigenvalue weighted by molar-refractivity contribution is -0.118. The third-order valence-electron chi connectivity index (χ3n) is 6.24. The normalized spacial score (nSPS) is 10.8. The number of likely N-dealkylation sites (N-methyl/N-ethyl adjacent to an activating group) is 1. The number of benzene rings is 2. The Kier molecular flexibility index (Phi) is 10.6. The molecule has 3 aromatic rings. The molecular weight excluding hydrogens is 470 g/mol. The number of rotatable bonds is 14. The van der Waals surface area contributed by atoms with Gasteiger partial charge in [-0.2, -0.15) is 0 Å². The van der Waals surface area contributed by atoms with Crippen molar-refractivity contribution in [2.75, 3.05) is 60.0 Å². The molecule has 0 radical (unpaired) electrons. The minimum Gasteiger partial charge on any atom is -0.493 e. The summed E-state index contributed by atoms with van der Waals surface area (Å²) in [4.78, 5) is 21.5. The molecule has 0 aliphatic carbocycles. The van der Waals surface area contributed by atoms with Crippen molar-refractivity contribution in [3.8, 4) is 23.0 Å². The predicted molar refractivity (Wildman–Crippen MR) is 145 cm³/mol. The molecule has 8 nitrogen and oxygen atoms in total. The highest BCUT2D eigenvalue weighted by Crippen LogP contribution is 2.32. The molecule has 0 saturated carbocycles. The van der Waals surface area contributed by atoms with Crippen LogP contribution in [0, 0.1) is 0 Å². The zero-order valence-corrected chi connectivity index (χ0v) is 22.4. The maximum absolute atomic E-state index is 13.4. The summed E-state index contributed by atoms with van der Waals surface area (Å²) in [7, 11) is 8.58. The van der Waals surface area contributed by atoms with E-state index in [0.717, 1.165) is 48.7 Å². The Morgan fingerprint density at radius 2 is 1.35 bits per heavy atom. The summed E-state index contributed by atoms with van der Waals surface area (Å²) < 4.78 is 21.6. The van der Waals surface area contributed by atoms with E-state index in [2.05, 4.69) is 23.0 Å². The fraction of sp³-hybridized carbons (Fsp3) is 0.379. The van der Waals surface area contributed by atoms with Crippen molar-refractivity contribution in [1.29, 1.82) is 0 Å². The van der Waals surface area contributed by atoms with Crippen molar-refractivity contribution in [1.82, 2.24) is 9.88 Å². The van der Waals surface area contributed by atoms with E-state index in [1.165, 1.54) is 5.56 Å². The fourth-order valence-electron chi connectivity index (χ4n) is 4.13. The highest BCUT2D eigenvalue weighted by Gasteiger charge is 2.18. The predicted octanol–water partition coefficient (Wildman–Crippen LogP) is 4.26. The van der Waals surface area contributed by atoms with E-state index >= 15 is 0 Å². The van der Waals surface area contributed by atoms with Gasteiger partial charge in [-0.15, -0.1) is 0 Å². The van der Waals surface area contributed by atoms with Crippen LogP contribution in [0.4, 0.5) is 5.69 Å². The van der Waals surface area contributed by atoms with Crippen LogP contribution in [0.25, 0.3) is 0 Å². The van der Waals surface area contributed by atoms with Crippen molar-refractivity contribution in [3.63, 3.8) is 0 Å². The lowest BCUT2D eigenvalue weighted by atomic mass is 10.1. The summed E-state index contributed by atoms with van der Waals surface area (Å²) in [6.45, 7) is 2.32. The van der Waals surface area contributed by atoms with Gasteiger partial charge in [-0.25, -0.2) is 0 Å². The smallest absolute Gasteiger partial charge is 0.231 e. The first-order chi connectivity index (χ1) is 18.0. The molecule has 198 valence electrons. The van der Waals surface area contributed by atoms with Gasteiger partial charge in [0, 0.05) is 37.2 Å². The van der Waals surface area contributed by atoms with Crippen LogP contribution >= 0.6 is 0 Å². The first-order valence-corrected chi connectivity index (χ1v) is 12.3. The molecule has 0 unspecified atom stereocenters. The topological polar surface area (TPSA) is 73.4 Å². The van der Waals surface area contributed by atoms with Crippen LogP contribution < -0.4 is 23.8 Å². The second-order valence-corrected chi connectivity index (χ2v) is 8.71. The molecule has 1 amide bonds. The van der Waals surface area contributed by atoms with Gasteiger partial charge in [0.15, 0.2) is 23.0 Å². The lowest BCUT2D eigenvalue weighted by Crippen LogP contribution is -2.35. The van der Waals surface area contributed by atoms with Gasteiger partial charge in [0.25, 0.3) is 0 Å². The Balaban J connectivity index is 1.63. The van der Waals surface area contributed by atoms with Crippen LogP contribution in [0.5, 0.6) is 23.0 Å². The number of ether oxygens (including phenoxy) is 4. The van der Waals surface area contributed by atoms with E-state index in [1.807, 2.05) is 47.4 Å². The number of hydrogen-bond donors (Lipinski definition) is 0. The van der Waals surface area contributed by atoms with Gasteiger partial charge in [0.1, 0.15) is 0 Å². The zero-order chi connectivity index (χ0) is 26.6. The van der Waals surface area contributed by atoms with E-state index in [4.69, 9.17) is 18.9 Å². The molecule has 0 bridgehead atoms. The molecule has 0 saturated heterocycles. The second-order valence-electron chi connectivity index (χ2n) is 8.71. The maximum Gasteiger partial charge on any atom is 0.231 e. The summed E-state index contributed by atoms with van der Waals surface area (Å²) in [5.41, 5.74) is 2.89. The average Bonchev–Trinajstić information content (AvgIpc) is 2.94. The Morgan fingerprint density at radius 3 is 2.00 bits per heavy atom. The van der Waals surface area contributed by atoms with Gasteiger partial charge in [0.2, 0.25) is 5.91 Å². The van der Waals surface area contributed by atoms with Gasteiger partial charge in [0.05, 0.1) is 34.9 Å². The van der Waals surface area contributed by atoms with E-state index < -0.39 is 0 Å². The number of nitrogens with zero attached hydrogens (tertiary/aromatic N) is 3. The Bertz CT molecular complexity index is 1140. The zero-order valence-electron chi connectivity index (χ0n) is 22.4. The monoisotopic (exact) mass is 507 g/mol. The van der Waals surface area contributed by atoms with Crippen LogP contribution in [0.15, 0.2) is 60.9 Å². The largest absolute Gasteiger partial charge is 0.493 e. The minimum atomic E-state index is 0.0198. The summed E-state index contributed by atoms with van der Waals surface area (Å²) in [5, 5.41) is 0. The highest BCUT2D eigenvalue weighted by atomic mass is 16.5. The third-order valence-corrected chi connectivity index (χ3v) is 6.24. The minimum absolute atomic E-state index is 0.0198. The number of anilines is 1. The van der Waals surface area contributed by atoms with Crippen LogP contribution in [0.3, 0.4) is 0 Å². The van der Waals surface area contributed by atoms with Crippen molar-refractivity contribution < 1.29 is 23.7 Å². The van der Waals surface area contributed by atoms with Crippen molar-refractivity contribution in [3.05, 3.63) is 72.1 Å². The summed E-state index contributed by atoms with van der Waals surface area (Å²) in [5.74, 6) is 2.70. The van der Waals surface area contributed by atoms with Gasteiger partial charge in [-0.05, 0) is 74.0 Å². The van der Waals surface area contributed by atoms with Crippen molar-refractivity contribution >= 4 is 11.6 Å². The summed E-state index contributed by atoms with van der Waals surface area (Å²) in [6, 6.07) is 15.3. The van der Waals surface area contributed by atoms with E-state index in [9.17, 15) is 4.79 Å². The SMILES string of the molecule is COc1ccc(CCN(C)CCCN(C(=O)Cc2ccncc2)c2ccc(OC)c(OC)c2)cc1OC. The van der Waals surface area contributed by atoms with E-state index in [-0.39, 0.29) is 5.91 Å². The number of carbonyl (C=O) groups excluding carboxylic acids is 1. The van der Waals surface area contributed by atoms with Crippen LogP contribution in [0.2, 0.25) is 0 Å². The summed E-state index contributed by atoms with van der Waals surface area (Å²) >= 11 is 0. The molecule has 0 fully saturated rings. The Hall–Kier alpha value is -3.78. The molecule has 37 heavy (non-hydrogen) atoms. The molecule has 8 heteroatoms. The Morgan fingerprint density at radius 1 is 0.730 bits per heavy atom. The molecule has 2 aromatic carbocycles. The lowest BCUT2D eigenvalue weighted by Gasteiger charge is -2.25. The number of amides is 1. The first kappa shape index (κ1) is 27.8. The van der Waals surface area contributed by atoms with Crippen LogP contribution in [0.1, 0.15) is 17.5 Å². The van der Waals surface area contributed by atoms with Crippen LogP contribution in [-0.2, 0) is 17.6 Å². The molecule has 3 rings (SSSR count). The fourth-order valence-corrected chi connectivity index (χ4v) is 4.13. The number of pyridine rings is 1. The molecule has 0 spiro atoms. The van der Waals surface area contributed by atoms with Gasteiger partial charge >= 0.3 is 0 Å². The number of carbonyl (C=O) groups is 1. The average molecular weight is 508 g/mol. The van der Waals surface area contributed by atoms with E-state index in [1.54, 1.807) is 40.8 Å². The maximum atomic E-state index is 13.4. The quantitative estimate of drug-likeness (QED) is 0.323. The van der Waals surface area contributed by atoms with Gasteiger partial charge in [-0.1, -0.05) is 6.07 Å². The molecule has 1 aromatic heterocycles. The number of hydrogen-bond acceptors (Lipinski definition) is 7. The third kappa shape index (κ3) is 7.85. The molecular formula is C29H37N3O5. The van der Waals surface area contributed by atoms with Crippen LogP contribution in [-0.4, -0.2) is 70.9 Å². The van der Waals surface area contributed by atoms with Crippen molar-refractivity contribution in [2.24, 2.45) is 0 Å². The molecule has 0 aliphatic heterocycles. The summed E-state index contributed by atoms with van der Waals surface area (Å²) in [6.07, 6.45) is 5.41. The van der Waals surface area contributed by atoms with Crippen molar-refractivity contribution in [2.45, 2.75) is 19.3 Å². The highest BCUT2D eigenvalue weighted by molar-refractivity contribution is 5.95. The molecule has 0 atom stereocenters.